The van der Waals surface area contributed by atoms with E-state index in [4.69, 9.17) is 34.8 Å². The maximum atomic E-state index is 13.2. The van der Waals surface area contributed by atoms with Crippen LogP contribution in [0.5, 0.6) is 0 Å². The van der Waals surface area contributed by atoms with Gasteiger partial charge in [-0.2, -0.15) is 0 Å². The van der Waals surface area contributed by atoms with Gasteiger partial charge in [0, 0.05) is 27.7 Å². The molecule has 0 aliphatic carbocycles. The summed E-state index contributed by atoms with van der Waals surface area (Å²) in [4.78, 5) is 27.5. The number of halogens is 3. The minimum absolute atomic E-state index is 0.0100. The third kappa shape index (κ3) is 6.36. The number of carbonyl (C=O) groups excluding carboxylic acids is 2. The van der Waals surface area contributed by atoms with Crippen LogP contribution in [0.25, 0.3) is 0 Å². The summed E-state index contributed by atoms with van der Waals surface area (Å²) in [6.07, 6.45) is 0.788. The van der Waals surface area contributed by atoms with Crippen LogP contribution < -0.4 is 5.32 Å². The van der Waals surface area contributed by atoms with Crippen LogP contribution in [0.1, 0.15) is 38.3 Å². The van der Waals surface area contributed by atoms with Crippen molar-refractivity contribution in [1.29, 1.82) is 0 Å². The highest BCUT2D eigenvalue weighted by Crippen LogP contribution is 2.26. The van der Waals surface area contributed by atoms with Crippen LogP contribution in [-0.4, -0.2) is 28.8 Å². The topological polar surface area (TPSA) is 49.4 Å². The molecule has 0 spiro atoms. The molecule has 0 unspecified atom stereocenters. The first-order valence-electron chi connectivity index (χ1n) is 9.50. The van der Waals surface area contributed by atoms with Crippen molar-refractivity contribution in [3.63, 3.8) is 0 Å². The number of carbonyl (C=O) groups is 2. The summed E-state index contributed by atoms with van der Waals surface area (Å²) in [5.74, 6) is -0.475. The lowest BCUT2D eigenvalue weighted by Gasteiger charge is -2.30. The highest BCUT2D eigenvalue weighted by atomic mass is 35.5. The zero-order valence-electron chi connectivity index (χ0n) is 16.7. The number of hydrogen-bond donors (Lipinski definition) is 1. The molecule has 0 aliphatic heterocycles. The summed E-state index contributed by atoms with van der Waals surface area (Å²) in [5.41, 5.74) is 1.30. The average Bonchev–Trinajstić information content (AvgIpc) is 2.69. The van der Waals surface area contributed by atoms with E-state index < -0.39 is 6.04 Å². The molecule has 4 nitrogen and oxygen atoms in total. The molecule has 0 saturated heterocycles. The van der Waals surface area contributed by atoms with Gasteiger partial charge in [-0.25, -0.2) is 0 Å². The van der Waals surface area contributed by atoms with Crippen LogP contribution in [0.15, 0.2) is 42.5 Å². The molecule has 2 amide bonds. The van der Waals surface area contributed by atoms with Crippen LogP contribution in [0, 0.1) is 0 Å². The van der Waals surface area contributed by atoms with E-state index in [9.17, 15) is 9.59 Å². The molecule has 2 aromatic rings. The van der Waals surface area contributed by atoms with E-state index in [2.05, 4.69) is 5.32 Å². The van der Waals surface area contributed by atoms with Crippen molar-refractivity contribution >= 4 is 46.6 Å². The Morgan fingerprint density at radius 2 is 1.55 bits per heavy atom. The molecule has 0 heterocycles. The van der Waals surface area contributed by atoms with Gasteiger partial charge in [-0.3, -0.25) is 9.59 Å². The lowest BCUT2D eigenvalue weighted by atomic mass is 10.1. The summed E-state index contributed by atoms with van der Waals surface area (Å²) in [7, 11) is 0. The lowest BCUT2D eigenvalue weighted by Crippen LogP contribution is -2.50. The molecule has 2 atom stereocenters. The molecule has 156 valence electrons. The van der Waals surface area contributed by atoms with Gasteiger partial charge in [-0.05, 0) is 49.6 Å². The lowest BCUT2D eigenvalue weighted by molar-refractivity contribution is -0.140. The maximum Gasteiger partial charge on any atom is 0.242 e. The Kier molecular flexibility index (Phi) is 8.81. The third-order valence-electron chi connectivity index (χ3n) is 4.86. The largest absolute Gasteiger partial charge is 0.352 e. The van der Waals surface area contributed by atoms with Crippen LogP contribution >= 0.6 is 34.8 Å². The SMILES string of the molecule is CC[C@H](C)NC(=O)[C@H](C)N(Cc1ccccc1Cl)C(=O)Cc1c(Cl)cccc1Cl. The van der Waals surface area contributed by atoms with Gasteiger partial charge in [0.05, 0.1) is 6.42 Å². The van der Waals surface area contributed by atoms with Crippen LogP contribution in [0.2, 0.25) is 15.1 Å². The van der Waals surface area contributed by atoms with Gasteiger partial charge in [0.25, 0.3) is 0 Å². The Hall–Kier alpha value is -1.75. The van der Waals surface area contributed by atoms with Crippen molar-refractivity contribution in [2.45, 2.75) is 52.2 Å². The summed E-state index contributed by atoms with van der Waals surface area (Å²) in [6, 6.07) is 11.7. The van der Waals surface area contributed by atoms with E-state index in [1.54, 1.807) is 31.2 Å². The number of benzene rings is 2. The molecular formula is C22H25Cl3N2O2. The summed E-state index contributed by atoms with van der Waals surface area (Å²) in [5, 5.41) is 4.31. The average molecular weight is 456 g/mol. The maximum absolute atomic E-state index is 13.2. The Labute approximate surface area is 187 Å². The number of nitrogens with one attached hydrogen (secondary N) is 1. The van der Waals surface area contributed by atoms with Crippen molar-refractivity contribution < 1.29 is 9.59 Å². The fourth-order valence-electron chi connectivity index (χ4n) is 2.81. The van der Waals surface area contributed by atoms with Crippen molar-refractivity contribution in [1.82, 2.24) is 10.2 Å². The normalized spacial score (nSPS) is 12.9. The summed E-state index contributed by atoms with van der Waals surface area (Å²) < 4.78 is 0. The predicted molar refractivity (Wildman–Crippen MR) is 120 cm³/mol. The van der Waals surface area contributed by atoms with Gasteiger partial charge in [0.15, 0.2) is 0 Å². The Morgan fingerprint density at radius 1 is 0.966 bits per heavy atom. The van der Waals surface area contributed by atoms with Crippen molar-refractivity contribution in [2.24, 2.45) is 0 Å². The standard InChI is InChI=1S/C22H25Cl3N2O2/c1-4-14(2)26-22(29)15(3)27(13-16-8-5-6-9-18(16)23)21(28)12-17-19(24)10-7-11-20(17)25/h5-11,14-15H,4,12-13H2,1-3H3,(H,26,29)/t14-,15-/m0/s1. The second-order valence-electron chi connectivity index (χ2n) is 6.98. The van der Waals surface area contributed by atoms with Crippen LogP contribution in [-0.2, 0) is 22.6 Å². The number of amides is 2. The molecule has 2 aromatic carbocycles. The van der Waals surface area contributed by atoms with E-state index in [0.29, 0.717) is 20.6 Å². The first kappa shape index (κ1) is 23.5. The molecule has 0 radical (unpaired) electrons. The smallest absolute Gasteiger partial charge is 0.242 e. The fourth-order valence-corrected chi connectivity index (χ4v) is 3.54. The fraction of sp³-hybridized carbons (Fsp3) is 0.364. The van der Waals surface area contributed by atoms with Gasteiger partial charge in [-0.1, -0.05) is 66.0 Å². The first-order valence-corrected chi connectivity index (χ1v) is 10.6. The monoisotopic (exact) mass is 454 g/mol. The molecule has 2 rings (SSSR count). The molecule has 0 aromatic heterocycles. The summed E-state index contributed by atoms with van der Waals surface area (Å²) in [6.45, 7) is 5.83. The van der Waals surface area contributed by atoms with Gasteiger partial charge in [0.2, 0.25) is 11.8 Å². The molecule has 0 aliphatic rings. The summed E-state index contributed by atoms with van der Waals surface area (Å²) >= 11 is 18.8. The second kappa shape index (κ2) is 10.9. The van der Waals surface area contributed by atoms with Gasteiger partial charge in [-0.15, -0.1) is 0 Å². The van der Waals surface area contributed by atoms with E-state index in [0.717, 1.165) is 12.0 Å². The van der Waals surface area contributed by atoms with Gasteiger partial charge < -0.3 is 10.2 Å². The van der Waals surface area contributed by atoms with Crippen LogP contribution in [0.3, 0.4) is 0 Å². The number of nitrogens with zero attached hydrogens (tertiary/aromatic N) is 1. The quantitative estimate of drug-likeness (QED) is 0.569. The zero-order valence-corrected chi connectivity index (χ0v) is 19.0. The molecule has 1 N–H and O–H groups in total. The molecule has 0 saturated carbocycles. The van der Waals surface area contributed by atoms with E-state index >= 15 is 0 Å². The number of rotatable bonds is 8. The molecule has 7 heteroatoms. The first-order chi connectivity index (χ1) is 13.7. The number of hydrogen-bond acceptors (Lipinski definition) is 2. The highest BCUT2D eigenvalue weighted by molar-refractivity contribution is 6.36. The van der Waals surface area contributed by atoms with Crippen molar-refractivity contribution in [2.75, 3.05) is 0 Å². The Bertz CT molecular complexity index is 853. The van der Waals surface area contributed by atoms with Crippen LogP contribution in [0.4, 0.5) is 0 Å². The zero-order chi connectivity index (χ0) is 21.6. The molecular weight excluding hydrogens is 431 g/mol. The van der Waals surface area contributed by atoms with Gasteiger partial charge >= 0.3 is 0 Å². The Morgan fingerprint density at radius 3 is 2.14 bits per heavy atom. The van der Waals surface area contributed by atoms with Crippen molar-refractivity contribution in [3.8, 4) is 0 Å². The van der Waals surface area contributed by atoms with E-state index in [-0.39, 0.29) is 30.8 Å². The molecule has 0 fully saturated rings. The molecule has 0 bridgehead atoms. The second-order valence-corrected chi connectivity index (χ2v) is 8.21. The highest BCUT2D eigenvalue weighted by Gasteiger charge is 2.28. The molecule has 29 heavy (non-hydrogen) atoms. The Balaban J connectivity index is 2.31. The van der Waals surface area contributed by atoms with Crippen molar-refractivity contribution in [3.05, 3.63) is 68.7 Å². The third-order valence-corrected chi connectivity index (χ3v) is 5.93. The minimum Gasteiger partial charge on any atom is -0.352 e. The predicted octanol–water partition coefficient (Wildman–Crippen LogP) is 5.52. The van der Waals surface area contributed by atoms with E-state index in [1.807, 2.05) is 32.0 Å². The van der Waals surface area contributed by atoms with E-state index in [1.165, 1.54) is 4.90 Å². The van der Waals surface area contributed by atoms with Gasteiger partial charge in [0.1, 0.15) is 6.04 Å². The minimum atomic E-state index is -0.686.